The van der Waals surface area contributed by atoms with Crippen molar-refractivity contribution in [2.75, 3.05) is 13.7 Å². The highest BCUT2D eigenvalue weighted by atomic mass is 19.1. The van der Waals surface area contributed by atoms with Crippen molar-refractivity contribution in [2.24, 2.45) is 0 Å². The number of benzene rings is 1. The molecule has 1 rings (SSSR count). The number of rotatable bonds is 6. The Labute approximate surface area is 103 Å². The van der Waals surface area contributed by atoms with Gasteiger partial charge in [0.1, 0.15) is 5.82 Å². The van der Waals surface area contributed by atoms with Gasteiger partial charge in [0.25, 0.3) is 0 Å². The van der Waals surface area contributed by atoms with E-state index in [1.165, 1.54) is 6.07 Å². The maximum absolute atomic E-state index is 13.0. The number of hydrogen-bond donors (Lipinski definition) is 1. The van der Waals surface area contributed by atoms with E-state index < -0.39 is 0 Å². The minimum atomic E-state index is -0.187. The molecule has 0 aromatic heterocycles. The fraction of sp³-hybridized carbons (Fsp3) is 0.571. The average Bonchev–Trinajstić information content (AvgIpc) is 2.28. The van der Waals surface area contributed by atoms with Crippen LogP contribution in [0.5, 0.6) is 0 Å². The van der Waals surface area contributed by atoms with E-state index in [0.717, 1.165) is 18.5 Å². The number of methoxy groups -OCH3 is 1. The second-order valence-electron chi connectivity index (χ2n) is 4.94. The first-order chi connectivity index (χ1) is 7.94. The van der Waals surface area contributed by atoms with E-state index in [2.05, 4.69) is 19.2 Å². The first-order valence-corrected chi connectivity index (χ1v) is 5.98. The highest BCUT2D eigenvalue weighted by molar-refractivity contribution is 5.19. The Hall–Kier alpha value is -0.930. The van der Waals surface area contributed by atoms with Gasteiger partial charge in [0, 0.05) is 13.2 Å². The van der Waals surface area contributed by atoms with Gasteiger partial charge in [0.05, 0.1) is 5.60 Å². The van der Waals surface area contributed by atoms with Gasteiger partial charge in [-0.25, -0.2) is 4.39 Å². The van der Waals surface area contributed by atoms with Crippen LogP contribution >= 0.6 is 0 Å². The summed E-state index contributed by atoms with van der Waals surface area (Å²) in [7, 11) is 1.72. The van der Waals surface area contributed by atoms with Crippen molar-refractivity contribution < 1.29 is 9.13 Å². The van der Waals surface area contributed by atoms with E-state index in [-0.39, 0.29) is 17.5 Å². The molecule has 1 aromatic carbocycles. The number of ether oxygens (including phenoxy) is 1. The van der Waals surface area contributed by atoms with Gasteiger partial charge in [-0.05, 0) is 51.4 Å². The van der Waals surface area contributed by atoms with Gasteiger partial charge in [-0.2, -0.15) is 0 Å². The average molecular weight is 239 g/mol. The lowest BCUT2D eigenvalue weighted by Gasteiger charge is -2.24. The molecule has 3 heteroatoms. The standard InChI is InChI=1S/C14H22FNO/c1-11(12-6-5-7-13(15)10-12)16-9-8-14(2,3)17-4/h5-7,10-11,16H,8-9H2,1-4H3. The summed E-state index contributed by atoms with van der Waals surface area (Å²) in [4.78, 5) is 0. The van der Waals surface area contributed by atoms with Crippen LogP contribution in [0.25, 0.3) is 0 Å². The minimum Gasteiger partial charge on any atom is -0.379 e. The van der Waals surface area contributed by atoms with E-state index in [4.69, 9.17) is 4.74 Å². The summed E-state index contributed by atoms with van der Waals surface area (Å²) in [5.41, 5.74) is 0.856. The normalized spacial score (nSPS) is 13.7. The molecule has 0 saturated carbocycles. The molecular formula is C14H22FNO. The molecule has 1 aromatic rings. The molecule has 17 heavy (non-hydrogen) atoms. The molecule has 0 radical (unpaired) electrons. The van der Waals surface area contributed by atoms with E-state index in [0.29, 0.717) is 0 Å². The number of hydrogen-bond acceptors (Lipinski definition) is 2. The fourth-order valence-electron chi connectivity index (χ4n) is 1.59. The van der Waals surface area contributed by atoms with Crippen molar-refractivity contribution in [1.29, 1.82) is 0 Å². The maximum Gasteiger partial charge on any atom is 0.123 e. The molecule has 0 aliphatic heterocycles. The summed E-state index contributed by atoms with van der Waals surface area (Å²) in [6.45, 7) is 7.00. The van der Waals surface area contributed by atoms with Crippen LogP contribution in [-0.2, 0) is 4.74 Å². The fourth-order valence-corrected chi connectivity index (χ4v) is 1.59. The van der Waals surface area contributed by atoms with Crippen LogP contribution in [0.4, 0.5) is 4.39 Å². The second-order valence-corrected chi connectivity index (χ2v) is 4.94. The van der Waals surface area contributed by atoms with Gasteiger partial charge in [0.15, 0.2) is 0 Å². The van der Waals surface area contributed by atoms with Crippen LogP contribution < -0.4 is 5.32 Å². The number of halogens is 1. The van der Waals surface area contributed by atoms with Gasteiger partial charge in [0.2, 0.25) is 0 Å². The lowest BCUT2D eigenvalue weighted by molar-refractivity contribution is 0.0154. The van der Waals surface area contributed by atoms with Crippen molar-refractivity contribution >= 4 is 0 Å². The Balaban J connectivity index is 2.42. The molecule has 0 fully saturated rings. The molecule has 0 bridgehead atoms. The van der Waals surface area contributed by atoms with Crippen LogP contribution in [-0.4, -0.2) is 19.3 Å². The van der Waals surface area contributed by atoms with E-state index in [9.17, 15) is 4.39 Å². The largest absolute Gasteiger partial charge is 0.379 e. The summed E-state index contributed by atoms with van der Waals surface area (Å²) in [5, 5.41) is 3.37. The number of nitrogens with one attached hydrogen (secondary N) is 1. The van der Waals surface area contributed by atoms with Gasteiger partial charge in [-0.15, -0.1) is 0 Å². The first kappa shape index (κ1) is 14.1. The lowest BCUT2D eigenvalue weighted by Crippen LogP contribution is -2.30. The Morgan fingerprint density at radius 1 is 1.41 bits per heavy atom. The summed E-state index contributed by atoms with van der Waals surface area (Å²) >= 11 is 0. The molecule has 2 nitrogen and oxygen atoms in total. The zero-order valence-electron chi connectivity index (χ0n) is 11.1. The Kier molecular flexibility index (Phi) is 5.09. The summed E-state index contributed by atoms with van der Waals surface area (Å²) in [6, 6.07) is 6.85. The first-order valence-electron chi connectivity index (χ1n) is 5.98. The molecule has 0 heterocycles. The smallest absolute Gasteiger partial charge is 0.123 e. The molecule has 96 valence electrons. The summed E-state index contributed by atoms with van der Waals surface area (Å²) in [6.07, 6.45) is 0.920. The van der Waals surface area contributed by atoms with Gasteiger partial charge in [-0.3, -0.25) is 0 Å². The predicted molar refractivity (Wildman–Crippen MR) is 68.5 cm³/mol. The van der Waals surface area contributed by atoms with Crippen molar-refractivity contribution in [3.8, 4) is 0 Å². The third kappa shape index (κ3) is 4.84. The van der Waals surface area contributed by atoms with E-state index >= 15 is 0 Å². The monoisotopic (exact) mass is 239 g/mol. The summed E-state index contributed by atoms with van der Waals surface area (Å²) in [5.74, 6) is -0.187. The van der Waals surface area contributed by atoms with Crippen LogP contribution in [0.2, 0.25) is 0 Å². The predicted octanol–water partition coefficient (Wildman–Crippen LogP) is 3.29. The molecule has 0 spiro atoms. The van der Waals surface area contributed by atoms with Gasteiger partial charge >= 0.3 is 0 Å². The third-order valence-electron chi connectivity index (χ3n) is 3.08. The topological polar surface area (TPSA) is 21.3 Å². The SMILES string of the molecule is COC(C)(C)CCNC(C)c1cccc(F)c1. The lowest BCUT2D eigenvalue weighted by atomic mass is 10.0. The molecule has 0 amide bonds. The van der Waals surface area contributed by atoms with Crippen LogP contribution in [0.1, 0.15) is 38.8 Å². The van der Waals surface area contributed by atoms with Gasteiger partial charge < -0.3 is 10.1 Å². The van der Waals surface area contributed by atoms with Crippen LogP contribution in [0, 0.1) is 5.82 Å². The third-order valence-corrected chi connectivity index (χ3v) is 3.08. The van der Waals surface area contributed by atoms with E-state index in [1.807, 2.05) is 13.0 Å². The molecular weight excluding hydrogens is 217 g/mol. The molecule has 1 atom stereocenters. The quantitative estimate of drug-likeness (QED) is 0.822. The maximum atomic E-state index is 13.0. The molecule has 1 N–H and O–H groups in total. The zero-order valence-corrected chi connectivity index (χ0v) is 11.1. The Bertz CT molecular complexity index is 352. The zero-order chi connectivity index (χ0) is 12.9. The van der Waals surface area contributed by atoms with Crippen LogP contribution in [0.3, 0.4) is 0 Å². The minimum absolute atomic E-state index is 0.116. The Morgan fingerprint density at radius 2 is 2.12 bits per heavy atom. The van der Waals surface area contributed by atoms with Crippen molar-refractivity contribution in [1.82, 2.24) is 5.32 Å². The van der Waals surface area contributed by atoms with Crippen molar-refractivity contribution in [3.63, 3.8) is 0 Å². The molecule has 1 unspecified atom stereocenters. The Morgan fingerprint density at radius 3 is 2.71 bits per heavy atom. The van der Waals surface area contributed by atoms with Gasteiger partial charge in [-0.1, -0.05) is 12.1 Å². The summed E-state index contributed by atoms with van der Waals surface area (Å²) < 4.78 is 18.4. The second kappa shape index (κ2) is 6.12. The molecule has 0 aliphatic rings. The van der Waals surface area contributed by atoms with Crippen LogP contribution in [0.15, 0.2) is 24.3 Å². The highest BCUT2D eigenvalue weighted by Crippen LogP contribution is 2.15. The molecule has 0 saturated heterocycles. The van der Waals surface area contributed by atoms with E-state index in [1.54, 1.807) is 19.2 Å². The molecule has 0 aliphatic carbocycles. The highest BCUT2D eigenvalue weighted by Gasteiger charge is 2.16. The van der Waals surface area contributed by atoms with Crippen molar-refractivity contribution in [3.05, 3.63) is 35.6 Å². The van der Waals surface area contributed by atoms with Crippen molar-refractivity contribution in [2.45, 2.75) is 38.8 Å².